The van der Waals surface area contributed by atoms with E-state index in [1.54, 1.807) is 53.4 Å². The zero-order chi connectivity index (χ0) is 23.8. The average Bonchev–Trinajstić information content (AvgIpc) is 2.91. The fourth-order valence-corrected chi connectivity index (χ4v) is 6.24. The molecule has 0 aliphatic carbocycles. The maximum Gasteiger partial charge on any atom is 0.399 e. The molecule has 0 fully saturated rings. The molecule has 34 heavy (non-hydrogen) atoms. The second-order valence-electron chi connectivity index (χ2n) is 7.25. The second kappa shape index (κ2) is 10.4. The van der Waals surface area contributed by atoms with Crippen LogP contribution in [0, 0.1) is 11.5 Å². The minimum absolute atomic E-state index is 0.0292. The molecule has 0 unspecified atom stereocenters. The predicted molar refractivity (Wildman–Crippen MR) is 136 cm³/mol. The Hall–Kier alpha value is -4.55. The molecule has 6 nitrogen and oxygen atoms in total. The van der Waals surface area contributed by atoms with E-state index in [0.29, 0.717) is 22.0 Å². The third kappa shape index (κ3) is 4.35. The molecule has 0 aliphatic rings. The van der Waals surface area contributed by atoms with Crippen LogP contribution in [0.25, 0.3) is 5.53 Å². The molecule has 0 saturated heterocycles. The van der Waals surface area contributed by atoms with E-state index in [2.05, 4.69) is 9.78 Å². The maximum atomic E-state index is 14.9. The monoisotopic (exact) mass is 461 g/mol. The first-order chi connectivity index (χ1) is 16.7. The topological polar surface area (TPSA) is 92.9 Å². The average molecular weight is 461 g/mol. The number of benzene rings is 4. The molecule has 4 aromatic carbocycles. The summed E-state index contributed by atoms with van der Waals surface area (Å²) >= 11 is 0. The molecule has 0 aliphatic heterocycles. The lowest BCUT2D eigenvalue weighted by Gasteiger charge is -2.25. The number of hydrogen-bond acceptors (Lipinski definition) is 3. The van der Waals surface area contributed by atoms with Gasteiger partial charge in [0.15, 0.2) is 0 Å². The van der Waals surface area contributed by atoms with Crippen LogP contribution in [0.15, 0.2) is 126 Å². The molecule has 0 atom stereocenters. The van der Waals surface area contributed by atoms with Gasteiger partial charge in [0.1, 0.15) is 0 Å². The highest BCUT2D eigenvalue weighted by atomic mass is 31.2. The minimum Gasteiger partial charge on any atom is -0.360 e. The SMILES string of the molecule is N#CN=C(C(=[N+]=[N-])P(=O)(c1ccccc1)c1ccccc1)N(c1ccccc1)c1ccccc1. The molecule has 0 N–H and O–H groups in total. The molecule has 0 saturated carbocycles. The highest BCUT2D eigenvalue weighted by molar-refractivity contribution is 7.95. The number of nitrogens with zero attached hydrogens (tertiary/aromatic N) is 5. The van der Waals surface area contributed by atoms with E-state index in [1.165, 1.54) is 0 Å². The van der Waals surface area contributed by atoms with Crippen molar-refractivity contribution >= 4 is 40.4 Å². The van der Waals surface area contributed by atoms with Crippen LogP contribution in [0.5, 0.6) is 0 Å². The van der Waals surface area contributed by atoms with Crippen molar-refractivity contribution in [2.24, 2.45) is 4.99 Å². The lowest BCUT2D eigenvalue weighted by molar-refractivity contribution is 0.00272. The number of hydrogen-bond donors (Lipinski definition) is 0. The number of aliphatic imine (C=N–C) groups is 1. The normalized spacial score (nSPS) is 11.2. The molecule has 7 heteroatoms. The Balaban J connectivity index is 2.02. The first-order valence-electron chi connectivity index (χ1n) is 10.5. The van der Waals surface area contributed by atoms with Crippen LogP contribution in [-0.2, 0) is 4.57 Å². The number of rotatable bonds is 6. The third-order valence-corrected chi connectivity index (χ3v) is 8.17. The standard InChI is InChI=1S/C27H20N5OP/c28-21-30-26(32(22-13-5-1-6-14-22)23-15-7-2-8-16-23)27(31-29)34(33,24-17-9-3-10-18-24)25-19-11-4-12-20-25/h1-20H. The maximum absolute atomic E-state index is 14.9. The molecule has 4 rings (SSSR count). The van der Waals surface area contributed by atoms with Crippen molar-refractivity contribution < 1.29 is 9.35 Å². The molecule has 164 valence electrons. The van der Waals surface area contributed by atoms with E-state index in [-0.39, 0.29) is 11.3 Å². The van der Waals surface area contributed by atoms with Crippen LogP contribution >= 0.6 is 7.14 Å². The largest absolute Gasteiger partial charge is 0.399 e. The van der Waals surface area contributed by atoms with Gasteiger partial charge in [-0.3, -0.25) is 4.90 Å². The smallest absolute Gasteiger partial charge is 0.360 e. The molecule has 0 bridgehead atoms. The lowest BCUT2D eigenvalue weighted by atomic mass is 10.2. The van der Waals surface area contributed by atoms with Crippen LogP contribution < -0.4 is 15.5 Å². The Bertz CT molecular complexity index is 1340. The summed E-state index contributed by atoms with van der Waals surface area (Å²) < 4.78 is 14.9. The minimum atomic E-state index is -3.74. The van der Waals surface area contributed by atoms with Crippen LogP contribution in [-0.4, -0.2) is 16.1 Å². The summed E-state index contributed by atoms with van der Waals surface area (Å²) in [5.74, 6) is -0.0292. The summed E-state index contributed by atoms with van der Waals surface area (Å²) in [4.78, 5) is 9.25. The predicted octanol–water partition coefficient (Wildman–Crippen LogP) is 5.35. The van der Waals surface area contributed by atoms with Crippen LogP contribution in [0.2, 0.25) is 0 Å². The Morgan fingerprint density at radius 3 is 1.47 bits per heavy atom. The number of amidine groups is 1. The second-order valence-corrected chi connectivity index (χ2v) is 9.92. The summed E-state index contributed by atoms with van der Waals surface area (Å²) in [5.41, 5.74) is 11.5. The number of nitriles is 1. The molecule has 0 spiro atoms. The zero-order valence-electron chi connectivity index (χ0n) is 18.1. The van der Waals surface area contributed by atoms with Crippen molar-refractivity contribution in [2.75, 3.05) is 4.90 Å². The summed E-state index contributed by atoms with van der Waals surface area (Å²) in [5, 5.41) is 10.6. The zero-order valence-corrected chi connectivity index (χ0v) is 19.0. The van der Waals surface area contributed by atoms with E-state index in [0.717, 1.165) is 0 Å². The Morgan fingerprint density at radius 2 is 1.12 bits per heavy atom. The molecule has 0 heterocycles. The van der Waals surface area contributed by atoms with Gasteiger partial charge in [-0.15, -0.1) is 4.99 Å². The Kier molecular flexibility index (Phi) is 6.91. The van der Waals surface area contributed by atoms with Crippen molar-refractivity contribution in [3.63, 3.8) is 0 Å². The van der Waals surface area contributed by atoms with Gasteiger partial charge in [-0.2, -0.15) is 10.1 Å². The first kappa shape index (κ1) is 22.6. The molecule has 4 aromatic rings. The molecule has 0 radical (unpaired) electrons. The van der Waals surface area contributed by atoms with Gasteiger partial charge in [-0.25, -0.2) is 0 Å². The highest BCUT2D eigenvalue weighted by Gasteiger charge is 2.46. The van der Waals surface area contributed by atoms with Gasteiger partial charge in [0.25, 0.3) is 7.14 Å². The van der Waals surface area contributed by atoms with Crippen molar-refractivity contribution in [3.8, 4) is 6.19 Å². The first-order valence-corrected chi connectivity index (χ1v) is 12.2. The summed E-state index contributed by atoms with van der Waals surface area (Å²) in [6.07, 6.45) is 1.81. The van der Waals surface area contributed by atoms with Gasteiger partial charge in [0.05, 0.1) is 0 Å². The van der Waals surface area contributed by atoms with Gasteiger partial charge in [-0.05, 0) is 24.3 Å². The van der Waals surface area contributed by atoms with Crippen molar-refractivity contribution in [3.05, 3.63) is 127 Å². The number of para-hydroxylation sites is 2. The van der Waals surface area contributed by atoms with Crippen LogP contribution in [0.3, 0.4) is 0 Å². The van der Waals surface area contributed by atoms with Gasteiger partial charge in [0, 0.05) is 22.0 Å². The van der Waals surface area contributed by atoms with E-state index >= 15 is 0 Å². The third-order valence-electron chi connectivity index (χ3n) is 5.23. The molecular weight excluding hydrogens is 441 g/mol. The highest BCUT2D eigenvalue weighted by Crippen LogP contribution is 2.46. The van der Waals surface area contributed by atoms with E-state index < -0.39 is 7.14 Å². The van der Waals surface area contributed by atoms with Gasteiger partial charge < -0.3 is 10.1 Å². The fraction of sp³-hybridized carbons (Fsp3) is 0. The van der Waals surface area contributed by atoms with Gasteiger partial charge >= 0.3 is 5.45 Å². The van der Waals surface area contributed by atoms with Crippen molar-refractivity contribution in [1.29, 1.82) is 5.26 Å². The quantitative estimate of drug-likeness (QED) is 0.0968. The fourth-order valence-electron chi connectivity index (χ4n) is 3.71. The Morgan fingerprint density at radius 1 is 0.735 bits per heavy atom. The van der Waals surface area contributed by atoms with Crippen molar-refractivity contribution in [1.82, 2.24) is 0 Å². The molecule has 0 amide bonds. The van der Waals surface area contributed by atoms with Crippen LogP contribution in [0.1, 0.15) is 0 Å². The Labute approximate surface area is 198 Å². The van der Waals surface area contributed by atoms with E-state index in [4.69, 9.17) is 0 Å². The summed E-state index contributed by atoms with van der Waals surface area (Å²) in [6, 6.07) is 36.1. The van der Waals surface area contributed by atoms with E-state index in [9.17, 15) is 15.4 Å². The van der Waals surface area contributed by atoms with E-state index in [1.807, 2.05) is 79.0 Å². The number of anilines is 2. The van der Waals surface area contributed by atoms with Gasteiger partial charge in [-0.1, -0.05) is 97.1 Å². The lowest BCUT2D eigenvalue weighted by Crippen LogP contribution is -2.38. The van der Waals surface area contributed by atoms with Crippen molar-refractivity contribution in [2.45, 2.75) is 0 Å². The van der Waals surface area contributed by atoms with Crippen LogP contribution in [0.4, 0.5) is 11.4 Å². The molecule has 0 aromatic heterocycles. The summed E-state index contributed by atoms with van der Waals surface area (Å²) in [6.45, 7) is 0. The summed E-state index contributed by atoms with van der Waals surface area (Å²) in [7, 11) is -3.74. The molecular formula is C27H20N5OP. The van der Waals surface area contributed by atoms with Gasteiger partial charge in [0.2, 0.25) is 12.0 Å².